The van der Waals surface area contributed by atoms with Crippen molar-refractivity contribution in [2.75, 3.05) is 27.9 Å². The standard InChI is InChI=1S/C27H38N2O5/c1-6-8-16-28-27(31)23(7-2)29(19-21-10-9-11-22(17-21)32-3)26(30)15-13-20-12-14-24(33-4)25(18-20)34-5/h9-12,14,17-18,23H,6-8,13,15-16,19H2,1-5H3,(H,28,31). The van der Waals surface area contributed by atoms with Crippen molar-refractivity contribution >= 4 is 11.8 Å². The molecule has 2 rings (SSSR count). The van der Waals surface area contributed by atoms with E-state index in [9.17, 15) is 9.59 Å². The van der Waals surface area contributed by atoms with Crippen molar-refractivity contribution in [3.63, 3.8) is 0 Å². The highest BCUT2D eigenvalue weighted by Gasteiger charge is 2.28. The van der Waals surface area contributed by atoms with Crippen LogP contribution in [0.4, 0.5) is 0 Å². The van der Waals surface area contributed by atoms with Crippen LogP contribution in [-0.4, -0.2) is 50.6 Å². The van der Waals surface area contributed by atoms with Crippen LogP contribution in [0.5, 0.6) is 17.2 Å². The second kappa shape index (κ2) is 14.1. The van der Waals surface area contributed by atoms with Crippen molar-refractivity contribution in [1.29, 1.82) is 0 Å². The highest BCUT2D eigenvalue weighted by Crippen LogP contribution is 2.28. The van der Waals surface area contributed by atoms with E-state index in [1.165, 1.54) is 0 Å². The van der Waals surface area contributed by atoms with Gasteiger partial charge in [-0.1, -0.05) is 38.5 Å². The molecule has 2 amide bonds. The van der Waals surface area contributed by atoms with E-state index in [-0.39, 0.29) is 18.2 Å². The number of methoxy groups -OCH3 is 3. The second-order valence-corrected chi connectivity index (χ2v) is 8.13. The van der Waals surface area contributed by atoms with E-state index < -0.39 is 6.04 Å². The quantitative estimate of drug-likeness (QED) is 0.415. The minimum atomic E-state index is -0.541. The Morgan fingerprint density at radius 3 is 2.35 bits per heavy atom. The molecule has 0 aliphatic rings. The average Bonchev–Trinajstić information content (AvgIpc) is 2.87. The maximum atomic E-state index is 13.4. The Hall–Kier alpha value is -3.22. The molecule has 0 saturated carbocycles. The summed E-state index contributed by atoms with van der Waals surface area (Å²) < 4.78 is 16.0. The predicted molar refractivity (Wildman–Crippen MR) is 133 cm³/mol. The maximum Gasteiger partial charge on any atom is 0.242 e. The molecule has 2 aromatic carbocycles. The Labute approximate surface area is 203 Å². The van der Waals surface area contributed by atoms with Crippen LogP contribution in [0.1, 0.15) is 50.7 Å². The third-order valence-corrected chi connectivity index (χ3v) is 5.78. The van der Waals surface area contributed by atoms with E-state index in [4.69, 9.17) is 14.2 Å². The molecule has 7 heteroatoms. The summed E-state index contributed by atoms with van der Waals surface area (Å²) in [6, 6.07) is 12.7. The summed E-state index contributed by atoms with van der Waals surface area (Å²) in [5.74, 6) is 1.80. The molecule has 0 bridgehead atoms. The summed E-state index contributed by atoms with van der Waals surface area (Å²) in [7, 11) is 4.79. The number of rotatable bonds is 14. The molecule has 1 N–H and O–H groups in total. The summed E-state index contributed by atoms with van der Waals surface area (Å²) in [6.07, 6.45) is 3.24. The van der Waals surface area contributed by atoms with Gasteiger partial charge in [-0.25, -0.2) is 0 Å². The van der Waals surface area contributed by atoms with E-state index in [1.54, 1.807) is 26.2 Å². The van der Waals surface area contributed by atoms with Crippen LogP contribution < -0.4 is 19.5 Å². The largest absolute Gasteiger partial charge is 0.497 e. The number of benzene rings is 2. The van der Waals surface area contributed by atoms with Gasteiger partial charge in [-0.2, -0.15) is 0 Å². The van der Waals surface area contributed by atoms with Gasteiger partial charge in [-0.15, -0.1) is 0 Å². The third kappa shape index (κ3) is 7.68. The first-order valence-electron chi connectivity index (χ1n) is 11.9. The highest BCUT2D eigenvalue weighted by molar-refractivity contribution is 5.87. The van der Waals surface area contributed by atoms with Gasteiger partial charge >= 0.3 is 0 Å². The molecule has 0 spiro atoms. The lowest BCUT2D eigenvalue weighted by atomic mass is 10.1. The summed E-state index contributed by atoms with van der Waals surface area (Å²) in [4.78, 5) is 28.1. The number of aryl methyl sites for hydroxylation is 1. The third-order valence-electron chi connectivity index (χ3n) is 5.78. The SMILES string of the molecule is CCCCNC(=O)C(CC)N(Cc1cccc(OC)c1)C(=O)CCc1ccc(OC)c(OC)c1. The van der Waals surface area contributed by atoms with Crippen molar-refractivity contribution in [1.82, 2.24) is 10.2 Å². The fourth-order valence-electron chi connectivity index (χ4n) is 3.82. The minimum Gasteiger partial charge on any atom is -0.497 e. The van der Waals surface area contributed by atoms with Crippen LogP contribution in [-0.2, 0) is 22.6 Å². The zero-order valence-corrected chi connectivity index (χ0v) is 21.1. The molecule has 0 fully saturated rings. The van der Waals surface area contributed by atoms with Crippen molar-refractivity contribution in [2.45, 2.75) is 58.5 Å². The topological polar surface area (TPSA) is 77.1 Å². The number of hydrogen-bond donors (Lipinski definition) is 1. The number of nitrogens with zero attached hydrogens (tertiary/aromatic N) is 1. The first kappa shape index (κ1) is 27.0. The van der Waals surface area contributed by atoms with Gasteiger partial charge < -0.3 is 24.4 Å². The fourth-order valence-corrected chi connectivity index (χ4v) is 3.82. The Bertz CT molecular complexity index is 931. The minimum absolute atomic E-state index is 0.0740. The Balaban J connectivity index is 2.22. The monoisotopic (exact) mass is 470 g/mol. The molecule has 0 radical (unpaired) electrons. The number of amides is 2. The van der Waals surface area contributed by atoms with Crippen LogP contribution >= 0.6 is 0 Å². The smallest absolute Gasteiger partial charge is 0.242 e. The number of ether oxygens (including phenoxy) is 3. The van der Waals surface area contributed by atoms with Gasteiger partial charge in [0.15, 0.2) is 11.5 Å². The number of hydrogen-bond acceptors (Lipinski definition) is 5. The van der Waals surface area contributed by atoms with Gasteiger partial charge in [0.1, 0.15) is 11.8 Å². The first-order chi connectivity index (χ1) is 16.5. The zero-order valence-electron chi connectivity index (χ0n) is 21.1. The molecular weight excluding hydrogens is 432 g/mol. The van der Waals surface area contributed by atoms with Gasteiger partial charge in [0.05, 0.1) is 21.3 Å². The number of carbonyl (C=O) groups excluding carboxylic acids is 2. The van der Waals surface area contributed by atoms with Crippen molar-refractivity contribution in [2.24, 2.45) is 0 Å². The van der Waals surface area contributed by atoms with E-state index in [2.05, 4.69) is 12.2 Å². The summed E-state index contributed by atoms with van der Waals surface area (Å²) in [5.41, 5.74) is 1.88. The molecule has 0 saturated heterocycles. The van der Waals surface area contributed by atoms with Gasteiger partial charge in [-0.05, 0) is 54.7 Å². The summed E-state index contributed by atoms with van der Waals surface area (Å²) in [6.45, 7) is 4.96. The molecule has 1 atom stereocenters. The van der Waals surface area contributed by atoms with Gasteiger partial charge in [0.25, 0.3) is 0 Å². The van der Waals surface area contributed by atoms with Crippen LogP contribution in [0.3, 0.4) is 0 Å². The second-order valence-electron chi connectivity index (χ2n) is 8.13. The van der Waals surface area contributed by atoms with Crippen LogP contribution in [0.25, 0.3) is 0 Å². The van der Waals surface area contributed by atoms with E-state index >= 15 is 0 Å². The predicted octanol–water partition coefficient (Wildman–Crippen LogP) is 4.37. The number of unbranched alkanes of at least 4 members (excludes halogenated alkanes) is 1. The van der Waals surface area contributed by atoms with Gasteiger partial charge in [-0.3, -0.25) is 9.59 Å². The van der Waals surface area contributed by atoms with Gasteiger partial charge in [0, 0.05) is 19.5 Å². The molecule has 1 unspecified atom stereocenters. The molecule has 2 aromatic rings. The Morgan fingerprint density at radius 2 is 1.71 bits per heavy atom. The lowest BCUT2D eigenvalue weighted by Gasteiger charge is -2.31. The Kier molecular flexibility index (Phi) is 11.2. The zero-order chi connectivity index (χ0) is 24.9. The van der Waals surface area contributed by atoms with Crippen molar-refractivity contribution in [3.05, 3.63) is 53.6 Å². The molecule has 186 valence electrons. The molecule has 0 aliphatic heterocycles. The van der Waals surface area contributed by atoms with Crippen LogP contribution in [0.2, 0.25) is 0 Å². The molecular formula is C27H38N2O5. The molecule has 0 aromatic heterocycles. The highest BCUT2D eigenvalue weighted by atomic mass is 16.5. The van der Waals surface area contributed by atoms with Crippen molar-refractivity contribution in [3.8, 4) is 17.2 Å². The lowest BCUT2D eigenvalue weighted by Crippen LogP contribution is -2.49. The van der Waals surface area contributed by atoms with E-state index in [1.807, 2.05) is 49.4 Å². The number of carbonyl (C=O) groups is 2. The first-order valence-corrected chi connectivity index (χ1v) is 11.9. The average molecular weight is 471 g/mol. The maximum absolute atomic E-state index is 13.4. The van der Waals surface area contributed by atoms with Crippen LogP contribution in [0.15, 0.2) is 42.5 Å². The Morgan fingerprint density at radius 1 is 0.941 bits per heavy atom. The fraction of sp³-hybridized carbons (Fsp3) is 0.481. The van der Waals surface area contributed by atoms with E-state index in [0.717, 1.165) is 29.7 Å². The van der Waals surface area contributed by atoms with E-state index in [0.29, 0.717) is 37.4 Å². The summed E-state index contributed by atoms with van der Waals surface area (Å²) >= 11 is 0. The lowest BCUT2D eigenvalue weighted by molar-refractivity contribution is -0.141. The normalized spacial score (nSPS) is 11.4. The van der Waals surface area contributed by atoms with Gasteiger partial charge in [0.2, 0.25) is 11.8 Å². The summed E-state index contributed by atoms with van der Waals surface area (Å²) in [5, 5.41) is 2.99. The molecule has 34 heavy (non-hydrogen) atoms. The van der Waals surface area contributed by atoms with Crippen LogP contribution in [0, 0.1) is 0 Å². The molecule has 0 heterocycles. The number of nitrogens with one attached hydrogen (secondary N) is 1. The molecule has 0 aliphatic carbocycles. The molecule has 7 nitrogen and oxygen atoms in total. The van der Waals surface area contributed by atoms with Crippen molar-refractivity contribution < 1.29 is 23.8 Å².